The Kier molecular flexibility index (Phi) is 6.99. The Morgan fingerprint density at radius 1 is 1.46 bits per heavy atom. The van der Waals surface area contributed by atoms with Crippen LogP contribution in [0.15, 0.2) is 24.3 Å². The van der Waals surface area contributed by atoms with Crippen LogP contribution in [0.1, 0.15) is 25.7 Å². The molecule has 132 valence electrons. The number of nitrogens with one attached hydrogen (secondary N) is 1. The summed E-state index contributed by atoms with van der Waals surface area (Å²) in [4.78, 5) is 23.3. The standard InChI is InChI=1S/C17H22FNO5/c18-13-5-1-6-14(10-13)24-9-3-7-15(20)19-16(17(21)22)12-4-2-8-23-11-12/h1,5-6,10,12,16H,2-4,7-9,11H2,(H,19,20)(H,21,22). The number of hydrogen-bond acceptors (Lipinski definition) is 4. The number of carboxylic acids is 1. The quantitative estimate of drug-likeness (QED) is 0.708. The van der Waals surface area contributed by atoms with Crippen molar-refractivity contribution in [2.45, 2.75) is 31.7 Å². The van der Waals surface area contributed by atoms with E-state index in [0.717, 1.165) is 12.8 Å². The highest BCUT2D eigenvalue weighted by molar-refractivity contribution is 5.83. The third-order valence-corrected chi connectivity index (χ3v) is 3.86. The van der Waals surface area contributed by atoms with Gasteiger partial charge in [0.05, 0.1) is 13.2 Å². The van der Waals surface area contributed by atoms with Crippen LogP contribution in [0.5, 0.6) is 5.75 Å². The van der Waals surface area contributed by atoms with E-state index in [2.05, 4.69) is 5.32 Å². The second kappa shape index (κ2) is 9.22. The van der Waals surface area contributed by atoms with Crippen LogP contribution in [0.4, 0.5) is 4.39 Å². The summed E-state index contributed by atoms with van der Waals surface area (Å²) in [6.45, 7) is 1.23. The smallest absolute Gasteiger partial charge is 0.326 e. The minimum Gasteiger partial charge on any atom is -0.493 e. The summed E-state index contributed by atoms with van der Waals surface area (Å²) in [5.41, 5.74) is 0. The Morgan fingerprint density at radius 2 is 2.29 bits per heavy atom. The van der Waals surface area contributed by atoms with E-state index in [1.54, 1.807) is 12.1 Å². The maximum absolute atomic E-state index is 13.0. The molecule has 0 bridgehead atoms. The fourth-order valence-corrected chi connectivity index (χ4v) is 2.63. The molecule has 0 spiro atoms. The number of carboxylic acid groups (broad SMARTS) is 1. The zero-order chi connectivity index (χ0) is 17.4. The monoisotopic (exact) mass is 339 g/mol. The molecule has 1 aliphatic heterocycles. The molecule has 24 heavy (non-hydrogen) atoms. The van der Waals surface area contributed by atoms with Gasteiger partial charge < -0.3 is 19.9 Å². The van der Waals surface area contributed by atoms with E-state index in [4.69, 9.17) is 9.47 Å². The number of ether oxygens (including phenoxy) is 2. The van der Waals surface area contributed by atoms with Gasteiger partial charge in [-0.15, -0.1) is 0 Å². The topological polar surface area (TPSA) is 84.9 Å². The van der Waals surface area contributed by atoms with Gasteiger partial charge in [0.25, 0.3) is 0 Å². The maximum Gasteiger partial charge on any atom is 0.326 e. The molecule has 1 aromatic carbocycles. The predicted octanol–water partition coefficient (Wildman–Crippen LogP) is 1.98. The highest BCUT2D eigenvalue weighted by atomic mass is 19.1. The highest BCUT2D eigenvalue weighted by Crippen LogP contribution is 2.18. The molecule has 2 atom stereocenters. The van der Waals surface area contributed by atoms with Crippen LogP contribution < -0.4 is 10.1 Å². The molecule has 1 aliphatic rings. The zero-order valence-electron chi connectivity index (χ0n) is 13.4. The molecule has 1 aromatic rings. The number of carbonyl (C=O) groups is 2. The Morgan fingerprint density at radius 3 is 2.96 bits per heavy atom. The van der Waals surface area contributed by atoms with Gasteiger partial charge in [-0.05, 0) is 31.4 Å². The van der Waals surface area contributed by atoms with E-state index in [0.29, 0.717) is 25.4 Å². The van der Waals surface area contributed by atoms with Crippen LogP contribution >= 0.6 is 0 Å². The first kappa shape index (κ1) is 18.2. The minimum absolute atomic E-state index is 0.146. The molecule has 1 heterocycles. The third-order valence-electron chi connectivity index (χ3n) is 3.86. The largest absolute Gasteiger partial charge is 0.493 e. The number of halogens is 1. The van der Waals surface area contributed by atoms with Crippen molar-refractivity contribution in [1.29, 1.82) is 0 Å². The van der Waals surface area contributed by atoms with Gasteiger partial charge in [-0.3, -0.25) is 4.79 Å². The van der Waals surface area contributed by atoms with E-state index < -0.39 is 12.0 Å². The number of rotatable bonds is 8. The molecule has 1 saturated heterocycles. The van der Waals surface area contributed by atoms with Crippen molar-refractivity contribution < 1.29 is 28.6 Å². The molecule has 6 nitrogen and oxygen atoms in total. The van der Waals surface area contributed by atoms with Crippen LogP contribution in [0.2, 0.25) is 0 Å². The van der Waals surface area contributed by atoms with Gasteiger partial charge in [0.2, 0.25) is 5.91 Å². The lowest BCUT2D eigenvalue weighted by molar-refractivity contribution is -0.145. The first-order valence-corrected chi connectivity index (χ1v) is 8.04. The van der Waals surface area contributed by atoms with E-state index in [-0.39, 0.29) is 30.7 Å². The summed E-state index contributed by atoms with van der Waals surface area (Å²) in [5, 5.41) is 11.9. The molecule has 0 aliphatic carbocycles. The Bertz CT molecular complexity index is 560. The summed E-state index contributed by atoms with van der Waals surface area (Å²) in [6, 6.07) is 4.83. The summed E-state index contributed by atoms with van der Waals surface area (Å²) in [6.07, 6.45) is 2.08. The summed E-state index contributed by atoms with van der Waals surface area (Å²) < 4.78 is 23.6. The molecule has 0 aromatic heterocycles. The van der Waals surface area contributed by atoms with E-state index in [9.17, 15) is 19.1 Å². The van der Waals surface area contributed by atoms with Gasteiger partial charge in [-0.25, -0.2) is 9.18 Å². The molecule has 2 rings (SSSR count). The van der Waals surface area contributed by atoms with Gasteiger partial charge in [-0.2, -0.15) is 0 Å². The average molecular weight is 339 g/mol. The van der Waals surface area contributed by atoms with Crippen molar-refractivity contribution in [1.82, 2.24) is 5.32 Å². The molecule has 0 radical (unpaired) electrons. The molecular formula is C17H22FNO5. The molecule has 1 amide bonds. The fourth-order valence-electron chi connectivity index (χ4n) is 2.63. The molecule has 0 saturated carbocycles. The number of hydrogen-bond donors (Lipinski definition) is 2. The lowest BCUT2D eigenvalue weighted by atomic mass is 9.93. The van der Waals surface area contributed by atoms with Gasteiger partial charge in [0.15, 0.2) is 0 Å². The Labute approximate surface area is 139 Å². The third kappa shape index (κ3) is 5.81. The van der Waals surface area contributed by atoms with Crippen molar-refractivity contribution in [3.63, 3.8) is 0 Å². The molecule has 2 N–H and O–H groups in total. The lowest BCUT2D eigenvalue weighted by Crippen LogP contribution is -2.48. The van der Waals surface area contributed by atoms with Gasteiger partial charge in [-0.1, -0.05) is 6.07 Å². The van der Waals surface area contributed by atoms with Crippen LogP contribution in [0.3, 0.4) is 0 Å². The second-order valence-corrected chi connectivity index (χ2v) is 5.77. The summed E-state index contributed by atoms with van der Waals surface area (Å²) in [7, 11) is 0. The molecular weight excluding hydrogens is 317 g/mol. The first-order chi connectivity index (χ1) is 11.6. The van der Waals surface area contributed by atoms with Crippen LogP contribution in [0, 0.1) is 11.7 Å². The number of amides is 1. The lowest BCUT2D eigenvalue weighted by Gasteiger charge is -2.28. The number of aliphatic carboxylic acids is 1. The van der Waals surface area contributed by atoms with E-state index >= 15 is 0 Å². The summed E-state index contributed by atoms with van der Waals surface area (Å²) in [5.74, 6) is -1.57. The van der Waals surface area contributed by atoms with Crippen molar-refractivity contribution in [3.8, 4) is 5.75 Å². The van der Waals surface area contributed by atoms with Crippen molar-refractivity contribution >= 4 is 11.9 Å². The highest BCUT2D eigenvalue weighted by Gasteiger charge is 2.31. The summed E-state index contributed by atoms with van der Waals surface area (Å²) >= 11 is 0. The zero-order valence-corrected chi connectivity index (χ0v) is 13.4. The van der Waals surface area contributed by atoms with Crippen molar-refractivity contribution in [2.75, 3.05) is 19.8 Å². The van der Waals surface area contributed by atoms with Crippen molar-refractivity contribution in [3.05, 3.63) is 30.1 Å². The first-order valence-electron chi connectivity index (χ1n) is 8.04. The van der Waals surface area contributed by atoms with Crippen LogP contribution in [-0.4, -0.2) is 42.8 Å². The molecule has 2 unspecified atom stereocenters. The Hall–Kier alpha value is -2.15. The van der Waals surface area contributed by atoms with Crippen molar-refractivity contribution in [2.24, 2.45) is 5.92 Å². The number of carbonyl (C=O) groups excluding carboxylic acids is 1. The second-order valence-electron chi connectivity index (χ2n) is 5.77. The number of benzene rings is 1. The molecule has 1 fully saturated rings. The minimum atomic E-state index is -1.05. The van der Waals surface area contributed by atoms with Crippen LogP contribution in [-0.2, 0) is 14.3 Å². The van der Waals surface area contributed by atoms with Gasteiger partial charge in [0, 0.05) is 25.0 Å². The fraction of sp³-hybridized carbons (Fsp3) is 0.529. The van der Waals surface area contributed by atoms with Crippen LogP contribution in [0.25, 0.3) is 0 Å². The molecule has 7 heteroatoms. The predicted molar refractivity (Wildman–Crippen MR) is 84.2 cm³/mol. The maximum atomic E-state index is 13.0. The van der Waals surface area contributed by atoms with Gasteiger partial charge >= 0.3 is 5.97 Å². The van der Waals surface area contributed by atoms with E-state index in [1.807, 2.05) is 0 Å². The Balaban J connectivity index is 1.71. The SMILES string of the molecule is O=C(CCCOc1cccc(F)c1)NC(C(=O)O)C1CCCOC1. The normalized spacial score (nSPS) is 18.6. The average Bonchev–Trinajstić information content (AvgIpc) is 2.57. The van der Waals surface area contributed by atoms with Gasteiger partial charge in [0.1, 0.15) is 17.6 Å². The van der Waals surface area contributed by atoms with E-state index in [1.165, 1.54) is 12.1 Å².